The first-order valence-electron chi connectivity index (χ1n) is 8.51. The standard InChI is InChI=1S/C19H17F2N3O4S2/c1-24(2)30(26,27)15-8-6-12(7-9-15)16-11-29-19(22-16)23-17(25)13-4-3-5-14(10-13)28-18(20)21/h3-11,18H,1-2H3,(H,22,23,25). The summed E-state index contributed by atoms with van der Waals surface area (Å²) in [6.07, 6.45) is 0. The third kappa shape index (κ3) is 4.99. The van der Waals surface area contributed by atoms with Crippen LogP contribution in [0.15, 0.2) is 58.8 Å². The topological polar surface area (TPSA) is 88.6 Å². The fraction of sp³-hybridized carbons (Fsp3) is 0.158. The number of rotatable bonds is 7. The Morgan fingerprint density at radius 1 is 1.17 bits per heavy atom. The molecule has 0 aliphatic carbocycles. The average Bonchev–Trinajstić information content (AvgIpc) is 3.16. The van der Waals surface area contributed by atoms with E-state index in [9.17, 15) is 22.0 Å². The van der Waals surface area contributed by atoms with Crippen molar-refractivity contribution < 1.29 is 26.7 Å². The number of nitrogens with one attached hydrogen (secondary N) is 1. The molecule has 0 spiro atoms. The second-order valence-corrected chi connectivity index (χ2v) is 9.22. The molecule has 0 fully saturated rings. The number of sulfonamides is 1. The van der Waals surface area contributed by atoms with Crippen molar-refractivity contribution in [2.45, 2.75) is 11.5 Å². The zero-order valence-corrected chi connectivity index (χ0v) is 17.5. The number of anilines is 1. The Kier molecular flexibility index (Phi) is 6.44. The molecular weight excluding hydrogens is 436 g/mol. The van der Waals surface area contributed by atoms with Gasteiger partial charge in [0.2, 0.25) is 10.0 Å². The number of carbonyl (C=O) groups excluding carboxylic acids is 1. The minimum absolute atomic E-state index is 0.120. The third-order valence-corrected chi connectivity index (χ3v) is 6.56. The zero-order chi connectivity index (χ0) is 21.9. The number of carbonyl (C=O) groups is 1. The van der Waals surface area contributed by atoms with Crippen molar-refractivity contribution in [1.82, 2.24) is 9.29 Å². The first-order valence-corrected chi connectivity index (χ1v) is 10.8. The van der Waals surface area contributed by atoms with E-state index in [-0.39, 0.29) is 16.2 Å². The van der Waals surface area contributed by atoms with Crippen LogP contribution in [0.1, 0.15) is 10.4 Å². The summed E-state index contributed by atoms with van der Waals surface area (Å²) in [5.41, 5.74) is 1.37. The zero-order valence-electron chi connectivity index (χ0n) is 15.9. The van der Waals surface area contributed by atoms with Crippen LogP contribution in [0.5, 0.6) is 5.75 Å². The number of alkyl halides is 2. The summed E-state index contributed by atoms with van der Waals surface area (Å²) < 4.78 is 54.3. The fourth-order valence-electron chi connectivity index (χ4n) is 2.46. The van der Waals surface area contributed by atoms with Crippen LogP contribution in [0.3, 0.4) is 0 Å². The number of ether oxygens (including phenoxy) is 1. The largest absolute Gasteiger partial charge is 0.435 e. The van der Waals surface area contributed by atoms with E-state index in [2.05, 4.69) is 15.0 Å². The summed E-state index contributed by atoms with van der Waals surface area (Å²) in [6, 6.07) is 11.7. The van der Waals surface area contributed by atoms with Crippen molar-refractivity contribution in [2.75, 3.05) is 19.4 Å². The molecule has 30 heavy (non-hydrogen) atoms. The Morgan fingerprint density at radius 2 is 1.87 bits per heavy atom. The highest BCUT2D eigenvalue weighted by Gasteiger charge is 2.17. The molecule has 7 nitrogen and oxygen atoms in total. The van der Waals surface area contributed by atoms with Crippen LogP contribution in [0.2, 0.25) is 0 Å². The maximum Gasteiger partial charge on any atom is 0.387 e. The van der Waals surface area contributed by atoms with Crippen molar-refractivity contribution in [3.05, 3.63) is 59.5 Å². The van der Waals surface area contributed by atoms with E-state index >= 15 is 0 Å². The molecule has 2 aromatic carbocycles. The summed E-state index contributed by atoms with van der Waals surface area (Å²) in [7, 11) is -0.622. The van der Waals surface area contributed by atoms with Gasteiger partial charge < -0.3 is 4.74 Å². The highest BCUT2D eigenvalue weighted by atomic mass is 32.2. The van der Waals surface area contributed by atoms with Crippen LogP contribution in [0.4, 0.5) is 13.9 Å². The van der Waals surface area contributed by atoms with Gasteiger partial charge in [-0.25, -0.2) is 17.7 Å². The van der Waals surface area contributed by atoms with E-state index in [0.717, 1.165) is 4.31 Å². The number of aromatic nitrogens is 1. The van der Waals surface area contributed by atoms with Gasteiger partial charge in [0.15, 0.2) is 5.13 Å². The molecule has 3 aromatic rings. The number of hydrogen-bond donors (Lipinski definition) is 1. The molecule has 1 N–H and O–H groups in total. The minimum atomic E-state index is -3.53. The molecule has 0 bridgehead atoms. The molecule has 0 saturated carbocycles. The Bertz CT molecular complexity index is 1150. The molecule has 1 heterocycles. The Hall–Kier alpha value is -2.89. The lowest BCUT2D eigenvalue weighted by molar-refractivity contribution is -0.0498. The van der Waals surface area contributed by atoms with Crippen molar-refractivity contribution in [1.29, 1.82) is 0 Å². The van der Waals surface area contributed by atoms with Gasteiger partial charge in [-0.15, -0.1) is 11.3 Å². The second-order valence-electron chi connectivity index (χ2n) is 6.21. The molecule has 0 saturated heterocycles. The van der Waals surface area contributed by atoms with E-state index < -0.39 is 22.5 Å². The number of thiazole rings is 1. The van der Waals surface area contributed by atoms with Gasteiger partial charge in [-0.1, -0.05) is 18.2 Å². The van der Waals surface area contributed by atoms with Crippen LogP contribution in [-0.4, -0.2) is 44.3 Å². The number of hydrogen-bond acceptors (Lipinski definition) is 6. The van der Waals surface area contributed by atoms with E-state index in [1.165, 1.54) is 61.8 Å². The van der Waals surface area contributed by atoms with Crippen LogP contribution in [-0.2, 0) is 10.0 Å². The summed E-state index contributed by atoms with van der Waals surface area (Å²) >= 11 is 1.18. The van der Waals surface area contributed by atoms with Crippen LogP contribution >= 0.6 is 11.3 Å². The third-order valence-electron chi connectivity index (χ3n) is 3.97. The first-order chi connectivity index (χ1) is 14.2. The summed E-state index contributed by atoms with van der Waals surface area (Å²) in [5, 5.41) is 4.62. The van der Waals surface area contributed by atoms with Crippen molar-refractivity contribution in [3.63, 3.8) is 0 Å². The van der Waals surface area contributed by atoms with Gasteiger partial charge >= 0.3 is 6.61 Å². The molecule has 1 aromatic heterocycles. The summed E-state index contributed by atoms with van der Waals surface area (Å²) in [5.74, 6) is -0.645. The van der Waals surface area contributed by atoms with E-state index in [1.807, 2.05) is 0 Å². The monoisotopic (exact) mass is 453 g/mol. The van der Waals surface area contributed by atoms with Gasteiger partial charge in [-0.05, 0) is 30.3 Å². The van der Waals surface area contributed by atoms with Crippen molar-refractivity contribution in [3.8, 4) is 17.0 Å². The van der Waals surface area contributed by atoms with Gasteiger partial charge in [0.05, 0.1) is 10.6 Å². The second kappa shape index (κ2) is 8.86. The Morgan fingerprint density at radius 3 is 2.50 bits per heavy atom. The smallest absolute Gasteiger partial charge is 0.387 e. The lowest BCUT2D eigenvalue weighted by Crippen LogP contribution is -2.22. The van der Waals surface area contributed by atoms with E-state index in [0.29, 0.717) is 16.4 Å². The van der Waals surface area contributed by atoms with Crippen LogP contribution in [0.25, 0.3) is 11.3 Å². The highest BCUT2D eigenvalue weighted by Crippen LogP contribution is 2.27. The Balaban J connectivity index is 1.73. The van der Waals surface area contributed by atoms with Crippen LogP contribution < -0.4 is 10.1 Å². The molecule has 11 heteroatoms. The lowest BCUT2D eigenvalue weighted by atomic mass is 10.2. The number of halogens is 2. The van der Waals surface area contributed by atoms with E-state index in [1.54, 1.807) is 17.5 Å². The molecule has 0 unspecified atom stereocenters. The molecule has 1 amide bonds. The fourth-order valence-corrected chi connectivity index (χ4v) is 4.07. The quantitative estimate of drug-likeness (QED) is 0.586. The molecule has 3 rings (SSSR count). The molecule has 0 atom stereocenters. The van der Waals surface area contributed by atoms with E-state index in [4.69, 9.17) is 0 Å². The molecule has 0 radical (unpaired) electrons. The van der Waals surface area contributed by atoms with Crippen molar-refractivity contribution >= 4 is 32.4 Å². The Labute approximate surface area is 176 Å². The first kappa shape index (κ1) is 21.8. The van der Waals surface area contributed by atoms with Gasteiger partial charge in [0, 0.05) is 30.6 Å². The average molecular weight is 453 g/mol. The number of benzene rings is 2. The predicted molar refractivity (Wildman–Crippen MR) is 109 cm³/mol. The summed E-state index contributed by atoms with van der Waals surface area (Å²) in [4.78, 5) is 16.8. The minimum Gasteiger partial charge on any atom is -0.435 e. The van der Waals surface area contributed by atoms with Crippen molar-refractivity contribution in [2.24, 2.45) is 0 Å². The summed E-state index contributed by atoms with van der Waals surface area (Å²) in [6.45, 7) is -2.98. The lowest BCUT2D eigenvalue weighted by Gasteiger charge is -2.11. The molecule has 158 valence electrons. The highest BCUT2D eigenvalue weighted by molar-refractivity contribution is 7.89. The van der Waals surface area contributed by atoms with Gasteiger partial charge in [0.25, 0.3) is 5.91 Å². The van der Waals surface area contributed by atoms with Gasteiger partial charge in [-0.2, -0.15) is 8.78 Å². The maximum atomic E-state index is 12.4. The van der Waals surface area contributed by atoms with Gasteiger partial charge in [-0.3, -0.25) is 10.1 Å². The SMILES string of the molecule is CN(C)S(=O)(=O)c1ccc(-c2csc(NC(=O)c3cccc(OC(F)F)c3)n2)cc1. The molecular formula is C19H17F2N3O4S2. The predicted octanol–water partition coefficient (Wildman–Crippen LogP) is 3.91. The molecule has 0 aliphatic heterocycles. The molecule has 0 aliphatic rings. The van der Waals surface area contributed by atoms with Crippen LogP contribution in [0, 0.1) is 0 Å². The number of nitrogens with zero attached hydrogens (tertiary/aromatic N) is 2. The number of amides is 1. The maximum absolute atomic E-state index is 12.4. The van der Waals surface area contributed by atoms with Gasteiger partial charge in [0.1, 0.15) is 5.75 Å². The normalized spacial score (nSPS) is 11.7.